The van der Waals surface area contributed by atoms with Gasteiger partial charge in [-0.25, -0.2) is 8.42 Å². The molecule has 1 saturated carbocycles. The van der Waals surface area contributed by atoms with Crippen molar-refractivity contribution in [2.45, 2.75) is 30.6 Å². The molecule has 28 heavy (non-hydrogen) atoms. The molecule has 0 amide bonds. The molecule has 1 fully saturated rings. The summed E-state index contributed by atoms with van der Waals surface area (Å²) < 4.78 is 31.3. The van der Waals surface area contributed by atoms with Gasteiger partial charge in [-0.15, -0.1) is 0 Å². The van der Waals surface area contributed by atoms with Gasteiger partial charge in [-0.3, -0.25) is 9.59 Å². The minimum Gasteiger partial charge on any atom is -0.466 e. The highest BCUT2D eigenvalue weighted by atomic mass is 32.2. The van der Waals surface area contributed by atoms with E-state index >= 15 is 0 Å². The number of aldehydes is 1. The van der Waals surface area contributed by atoms with Crippen LogP contribution in [0.4, 0.5) is 0 Å². The summed E-state index contributed by atoms with van der Waals surface area (Å²) >= 11 is 0. The molecule has 0 radical (unpaired) electrons. The first-order valence-corrected chi connectivity index (χ1v) is 11.1. The largest absolute Gasteiger partial charge is 0.466 e. The Balaban J connectivity index is 2.02. The van der Waals surface area contributed by atoms with Crippen LogP contribution in [0.25, 0.3) is 0 Å². The van der Waals surface area contributed by atoms with Crippen LogP contribution in [0.15, 0.2) is 59.5 Å². The van der Waals surface area contributed by atoms with Crippen molar-refractivity contribution in [1.82, 2.24) is 0 Å². The van der Waals surface area contributed by atoms with E-state index in [1.54, 1.807) is 61.5 Å². The van der Waals surface area contributed by atoms with Crippen molar-refractivity contribution in [3.05, 3.63) is 65.7 Å². The molecule has 2 atom stereocenters. The molecule has 0 bridgehead atoms. The Morgan fingerprint density at radius 2 is 1.75 bits per heavy atom. The zero-order valence-electron chi connectivity index (χ0n) is 15.8. The Kier molecular flexibility index (Phi) is 6.29. The molecule has 0 spiro atoms. The molecular weight excluding hydrogens is 376 g/mol. The van der Waals surface area contributed by atoms with Gasteiger partial charge in [0.2, 0.25) is 0 Å². The number of hydrogen-bond acceptors (Lipinski definition) is 5. The average molecular weight is 400 g/mol. The third kappa shape index (κ3) is 4.50. The van der Waals surface area contributed by atoms with Crippen LogP contribution in [-0.2, 0) is 19.4 Å². The number of esters is 1. The summed E-state index contributed by atoms with van der Waals surface area (Å²) in [4.78, 5) is 24.7. The van der Waals surface area contributed by atoms with Crippen molar-refractivity contribution in [3.63, 3.8) is 0 Å². The van der Waals surface area contributed by atoms with Gasteiger partial charge in [-0.2, -0.15) is 0 Å². The van der Waals surface area contributed by atoms with Crippen molar-refractivity contribution in [1.29, 1.82) is 0 Å². The Morgan fingerprint density at radius 3 is 2.36 bits per heavy atom. The zero-order chi connectivity index (χ0) is 20.1. The van der Waals surface area contributed by atoms with E-state index in [9.17, 15) is 18.0 Å². The van der Waals surface area contributed by atoms with Gasteiger partial charge in [-0.1, -0.05) is 42.5 Å². The summed E-state index contributed by atoms with van der Waals surface area (Å²) in [5, 5.41) is 0. The van der Waals surface area contributed by atoms with Crippen LogP contribution >= 0.6 is 0 Å². The summed E-state index contributed by atoms with van der Waals surface area (Å²) in [6.07, 6.45) is 2.44. The van der Waals surface area contributed by atoms with Gasteiger partial charge in [0.25, 0.3) is 0 Å². The van der Waals surface area contributed by atoms with Gasteiger partial charge in [0.15, 0.2) is 9.84 Å². The molecule has 2 aromatic carbocycles. The number of carbonyl (C=O) groups is 2. The highest BCUT2D eigenvalue weighted by Crippen LogP contribution is 2.46. The standard InChI is InChI=1S/C22H24O5S/c1-2-27-22(24)21(19-11-7-6-8-17(19)14-23)20(16-12-13-16)15-28(25,26)18-9-4-3-5-10-18/h3-11,14,16,20-21H,2,12-13,15H2,1H3. The van der Waals surface area contributed by atoms with Crippen LogP contribution in [0.2, 0.25) is 0 Å². The van der Waals surface area contributed by atoms with E-state index in [0.717, 1.165) is 12.8 Å². The number of rotatable bonds is 9. The van der Waals surface area contributed by atoms with Crippen LogP contribution in [0.3, 0.4) is 0 Å². The summed E-state index contributed by atoms with van der Waals surface area (Å²) in [7, 11) is -3.58. The highest BCUT2D eigenvalue weighted by Gasteiger charge is 2.44. The third-order valence-electron chi connectivity index (χ3n) is 5.17. The summed E-state index contributed by atoms with van der Waals surface area (Å²) in [5.41, 5.74) is 0.930. The van der Waals surface area contributed by atoms with Crippen LogP contribution in [0.5, 0.6) is 0 Å². The molecule has 0 heterocycles. The molecule has 0 N–H and O–H groups in total. The molecule has 3 rings (SSSR count). The van der Waals surface area contributed by atoms with Crippen LogP contribution in [-0.4, -0.2) is 33.0 Å². The topological polar surface area (TPSA) is 77.5 Å². The Hall–Kier alpha value is -2.47. The van der Waals surface area contributed by atoms with E-state index in [4.69, 9.17) is 4.74 Å². The van der Waals surface area contributed by atoms with Crippen LogP contribution < -0.4 is 0 Å². The molecule has 5 nitrogen and oxygen atoms in total. The Morgan fingerprint density at radius 1 is 1.11 bits per heavy atom. The van der Waals surface area contributed by atoms with E-state index in [-0.39, 0.29) is 23.2 Å². The van der Waals surface area contributed by atoms with Gasteiger partial charge < -0.3 is 4.74 Å². The van der Waals surface area contributed by atoms with E-state index in [0.29, 0.717) is 17.4 Å². The number of benzene rings is 2. The van der Waals surface area contributed by atoms with Crippen molar-refractivity contribution in [2.75, 3.05) is 12.4 Å². The lowest BCUT2D eigenvalue weighted by Crippen LogP contribution is -2.31. The van der Waals surface area contributed by atoms with Crippen LogP contribution in [0, 0.1) is 11.8 Å². The first-order valence-electron chi connectivity index (χ1n) is 9.46. The van der Waals surface area contributed by atoms with Crippen molar-refractivity contribution in [3.8, 4) is 0 Å². The van der Waals surface area contributed by atoms with Gasteiger partial charge in [-0.05, 0) is 49.3 Å². The van der Waals surface area contributed by atoms with E-state index in [2.05, 4.69) is 0 Å². The van der Waals surface area contributed by atoms with Crippen molar-refractivity contribution in [2.24, 2.45) is 11.8 Å². The summed E-state index contributed by atoms with van der Waals surface area (Å²) in [6.45, 7) is 1.91. The first-order chi connectivity index (χ1) is 13.5. The second kappa shape index (κ2) is 8.69. The Bertz CT molecular complexity index is 932. The van der Waals surface area contributed by atoms with Gasteiger partial charge in [0.1, 0.15) is 6.29 Å². The fraction of sp³-hybridized carbons (Fsp3) is 0.364. The molecule has 0 saturated heterocycles. The number of carbonyl (C=O) groups excluding carboxylic acids is 2. The smallest absolute Gasteiger partial charge is 0.313 e. The second-order valence-electron chi connectivity index (χ2n) is 7.07. The van der Waals surface area contributed by atoms with E-state index < -0.39 is 27.6 Å². The van der Waals surface area contributed by atoms with Crippen molar-refractivity contribution < 1.29 is 22.7 Å². The number of sulfone groups is 1. The molecule has 2 unspecified atom stereocenters. The lowest BCUT2D eigenvalue weighted by Gasteiger charge is -2.27. The quantitative estimate of drug-likeness (QED) is 0.474. The molecule has 0 aliphatic heterocycles. The molecule has 6 heteroatoms. The predicted octanol–water partition coefficient (Wildman–Crippen LogP) is 3.65. The molecular formula is C22H24O5S. The lowest BCUT2D eigenvalue weighted by molar-refractivity contribution is -0.146. The second-order valence-corrected chi connectivity index (χ2v) is 9.11. The third-order valence-corrected chi connectivity index (χ3v) is 6.98. The van der Waals surface area contributed by atoms with E-state index in [1.165, 1.54) is 0 Å². The van der Waals surface area contributed by atoms with Gasteiger partial charge in [0, 0.05) is 5.56 Å². The maximum absolute atomic E-state index is 13.0. The molecule has 1 aliphatic carbocycles. The molecule has 1 aliphatic rings. The SMILES string of the molecule is CCOC(=O)C(c1ccccc1C=O)C(CS(=O)(=O)c1ccccc1)C1CC1. The normalized spacial score (nSPS) is 16.2. The molecule has 0 aromatic heterocycles. The minimum atomic E-state index is -3.58. The average Bonchev–Trinajstić information content (AvgIpc) is 3.54. The summed E-state index contributed by atoms with van der Waals surface area (Å²) in [5.74, 6) is -1.74. The molecule has 2 aromatic rings. The minimum absolute atomic E-state index is 0.118. The maximum atomic E-state index is 13.0. The number of hydrogen-bond donors (Lipinski definition) is 0. The van der Waals surface area contributed by atoms with E-state index in [1.807, 2.05) is 0 Å². The lowest BCUT2D eigenvalue weighted by atomic mass is 9.82. The molecule has 148 valence electrons. The fourth-order valence-corrected chi connectivity index (χ4v) is 5.41. The summed E-state index contributed by atoms with van der Waals surface area (Å²) in [6, 6.07) is 15.1. The number of ether oxygens (including phenoxy) is 1. The first kappa shape index (κ1) is 20.3. The maximum Gasteiger partial charge on any atom is 0.313 e. The van der Waals surface area contributed by atoms with Crippen LogP contribution in [0.1, 0.15) is 41.6 Å². The monoisotopic (exact) mass is 400 g/mol. The predicted molar refractivity (Wildman–Crippen MR) is 106 cm³/mol. The highest BCUT2D eigenvalue weighted by molar-refractivity contribution is 7.91. The van der Waals surface area contributed by atoms with Crippen molar-refractivity contribution >= 4 is 22.1 Å². The zero-order valence-corrected chi connectivity index (χ0v) is 16.6. The fourth-order valence-electron chi connectivity index (χ4n) is 3.67. The Labute approximate surface area is 165 Å². The van der Waals surface area contributed by atoms with Gasteiger partial charge >= 0.3 is 5.97 Å². The van der Waals surface area contributed by atoms with Gasteiger partial charge in [0.05, 0.1) is 23.2 Å².